The van der Waals surface area contributed by atoms with Crippen LogP contribution in [0.15, 0.2) is 24.4 Å². The first-order valence-corrected chi connectivity index (χ1v) is 5.82. The Hall–Kier alpha value is -1.95. The minimum absolute atomic E-state index is 0.395. The minimum Gasteiger partial charge on any atom is -0.497 e. The molecule has 0 bridgehead atoms. The Morgan fingerprint density at radius 2 is 2.24 bits per heavy atom. The van der Waals surface area contributed by atoms with Crippen molar-refractivity contribution in [2.24, 2.45) is 0 Å². The van der Waals surface area contributed by atoms with Gasteiger partial charge in [-0.2, -0.15) is 5.26 Å². The van der Waals surface area contributed by atoms with E-state index in [4.69, 9.17) is 10.00 Å². The summed E-state index contributed by atoms with van der Waals surface area (Å²) < 4.78 is 7.25. The molecule has 0 aliphatic heterocycles. The zero-order valence-electron chi connectivity index (χ0n) is 10.2. The van der Waals surface area contributed by atoms with Gasteiger partial charge in [-0.15, -0.1) is 0 Å². The second-order valence-electron chi connectivity index (χ2n) is 4.07. The largest absolute Gasteiger partial charge is 0.497 e. The van der Waals surface area contributed by atoms with E-state index >= 15 is 0 Å². The SMILES string of the molecule is CCCc1cn(CC#N)c2ccc(OC)cc12. The molecule has 0 fully saturated rings. The van der Waals surface area contributed by atoms with Crippen LogP contribution in [0.1, 0.15) is 18.9 Å². The lowest BCUT2D eigenvalue weighted by atomic mass is 10.1. The molecule has 2 rings (SSSR count). The first-order valence-electron chi connectivity index (χ1n) is 5.82. The molecule has 3 nitrogen and oxygen atoms in total. The van der Waals surface area contributed by atoms with E-state index in [1.165, 1.54) is 10.9 Å². The maximum Gasteiger partial charge on any atom is 0.119 e. The maximum atomic E-state index is 8.82. The van der Waals surface area contributed by atoms with Gasteiger partial charge in [0.15, 0.2) is 0 Å². The second-order valence-corrected chi connectivity index (χ2v) is 4.07. The van der Waals surface area contributed by atoms with Gasteiger partial charge in [-0.1, -0.05) is 13.3 Å². The highest BCUT2D eigenvalue weighted by Crippen LogP contribution is 2.26. The Balaban J connectivity index is 2.59. The fourth-order valence-electron chi connectivity index (χ4n) is 2.15. The molecule has 3 heteroatoms. The lowest BCUT2D eigenvalue weighted by Gasteiger charge is -2.02. The van der Waals surface area contributed by atoms with Gasteiger partial charge in [-0.3, -0.25) is 0 Å². The Bertz CT molecular complexity index is 563. The third-order valence-corrected chi connectivity index (χ3v) is 2.93. The van der Waals surface area contributed by atoms with Crippen molar-refractivity contribution >= 4 is 10.9 Å². The molecule has 17 heavy (non-hydrogen) atoms. The number of fused-ring (bicyclic) bond motifs is 1. The Kier molecular flexibility index (Phi) is 3.34. The van der Waals surface area contributed by atoms with Crippen molar-refractivity contribution in [1.82, 2.24) is 4.57 Å². The topological polar surface area (TPSA) is 38.0 Å². The van der Waals surface area contributed by atoms with E-state index in [2.05, 4.69) is 19.2 Å². The number of ether oxygens (including phenoxy) is 1. The van der Waals surface area contributed by atoms with Gasteiger partial charge in [-0.05, 0) is 30.2 Å². The minimum atomic E-state index is 0.395. The zero-order valence-corrected chi connectivity index (χ0v) is 10.2. The van der Waals surface area contributed by atoms with E-state index in [-0.39, 0.29) is 0 Å². The maximum absolute atomic E-state index is 8.82. The van der Waals surface area contributed by atoms with E-state index in [1.54, 1.807) is 7.11 Å². The second kappa shape index (κ2) is 4.92. The fraction of sp³-hybridized carbons (Fsp3) is 0.357. The van der Waals surface area contributed by atoms with Crippen LogP contribution in [0.2, 0.25) is 0 Å². The Labute approximate surface area is 101 Å². The van der Waals surface area contributed by atoms with E-state index in [0.717, 1.165) is 24.1 Å². The van der Waals surface area contributed by atoms with Crippen LogP contribution in [0.5, 0.6) is 5.75 Å². The van der Waals surface area contributed by atoms with E-state index in [0.29, 0.717) is 6.54 Å². The molecule has 0 spiro atoms. The first-order chi connectivity index (χ1) is 8.30. The van der Waals surface area contributed by atoms with E-state index in [1.807, 2.05) is 22.8 Å². The van der Waals surface area contributed by atoms with E-state index < -0.39 is 0 Å². The van der Waals surface area contributed by atoms with Crippen molar-refractivity contribution in [2.45, 2.75) is 26.3 Å². The highest BCUT2D eigenvalue weighted by Gasteiger charge is 2.08. The van der Waals surface area contributed by atoms with Gasteiger partial charge in [0.25, 0.3) is 0 Å². The number of hydrogen-bond acceptors (Lipinski definition) is 2. The lowest BCUT2D eigenvalue weighted by Crippen LogP contribution is -1.92. The van der Waals surface area contributed by atoms with Crippen molar-refractivity contribution in [3.8, 4) is 11.8 Å². The number of rotatable bonds is 4. The van der Waals surface area contributed by atoms with Crippen LogP contribution in [0.3, 0.4) is 0 Å². The van der Waals surface area contributed by atoms with Crippen LogP contribution in [-0.4, -0.2) is 11.7 Å². The van der Waals surface area contributed by atoms with Gasteiger partial charge in [-0.25, -0.2) is 0 Å². The summed E-state index contributed by atoms with van der Waals surface area (Å²) in [6.07, 6.45) is 4.21. The number of methoxy groups -OCH3 is 1. The van der Waals surface area contributed by atoms with Gasteiger partial charge in [0.2, 0.25) is 0 Å². The van der Waals surface area contributed by atoms with Crippen molar-refractivity contribution in [3.05, 3.63) is 30.0 Å². The highest BCUT2D eigenvalue weighted by atomic mass is 16.5. The van der Waals surface area contributed by atoms with Crippen LogP contribution < -0.4 is 4.74 Å². The molecule has 1 heterocycles. The van der Waals surface area contributed by atoms with E-state index in [9.17, 15) is 0 Å². The van der Waals surface area contributed by atoms with Gasteiger partial charge in [0, 0.05) is 17.1 Å². The summed E-state index contributed by atoms with van der Waals surface area (Å²) in [4.78, 5) is 0. The molecule has 1 aromatic heterocycles. The number of nitrogens with zero attached hydrogens (tertiary/aromatic N) is 2. The molecule has 0 saturated heterocycles. The molecular weight excluding hydrogens is 212 g/mol. The molecule has 0 amide bonds. The van der Waals surface area contributed by atoms with Gasteiger partial charge < -0.3 is 9.30 Å². The Morgan fingerprint density at radius 1 is 1.41 bits per heavy atom. The molecule has 0 saturated carbocycles. The summed E-state index contributed by atoms with van der Waals surface area (Å²) in [6, 6.07) is 8.20. The quantitative estimate of drug-likeness (QED) is 0.806. The number of aromatic nitrogens is 1. The Morgan fingerprint density at radius 3 is 2.88 bits per heavy atom. The predicted molar refractivity (Wildman–Crippen MR) is 68.1 cm³/mol. The summed E-state index contributed by atoms with van der Waals surface area (Å²) in [6.45, 7) is 2.56. The molecule has 88 valence electrons. The van der Waals surface area contributed by atoms with Gasteiger partial charge >= 0.3 is 0 Å². The predicted octanol–water partition coefficient (Wildman–Crippen LogP) is 3.13. The van der Waals surface area contributed by atoms with Gasteiger partial charge in [0.1, 0.15) is 12.3 Å². The standard InChI is InChI=1S/C14H16N2O/c1-3-4-11-10-16(8-7-15)14-6-5-12(17-2)9-13(11)14/h5-6,9-10H,3-4,8H2,1-2H3. The van der Waals surface area contributed by atoms with Crippen LogP contribution in [0, 0.1) is 11.3 Å². The summed E-state index contributed by atoms with van der Waals surface area (Å²) >= 11 is 0. The van der Waals surface area contributed by atoms with Crippen LogP contribution >= 0.6 is 0 Å². The number of aryl methyl sites for hydroxylation is 1. The number of hydrogen-bond donors (Lipinski definition) is 0. The summed E-state index contributed by atoms with van der Waals surface area (Å²) in [5, 5.41) is 10.0. The molecule has 0 radical (unpaired) electrons. The first kappa shape index (κ1) is 11.5. The third kappa shape index (κ3) is 2.12. The molecule has 0 atom stereocenters. The molecule has 0 N–H and O–H groups in total. The molecule has 0 unspecified atom stereocenters. The van der Waals surface area contributed by atoms with Crippen LogP contribution in [0.4, 0.5) is 0 Å². The van der Waals surface area contributed by atoms with Crippen LogP contribution in [0.25, 0.3) is 10.9 Å². The van der Waals surface area contributed by atoms with Crippen molar-refractivity contribution in [2.75, 3.05) is 7.11 Å². The van der Waals surface area contributed by atoms with Gasteiger partial charge in [0.05, 0.1) is 13.2 Å². The molecule has 0 aliphatic carbocycles. The summed E-state index contributed by atoms with van der Waals surface area (Å²) in [7, 11) is 1.67. The van der Waals surface area contributed by atoms with Crippen molar-refractivity contribution in [1.29, 1.82) is 5.26 Å². The monoisotopic (exact) mass is 228 g/mol. The van der Waals surface area contributed by atoms with Crippen molar-refractivity contribution in [3.63, 3.8) is 0 Å². The fourth-order valence-corrected chi connectivity index (χ4v) is 2.15. The van der Waals surface area contributed by atoms with Crippen molar-refractivity contribution < 1.29 is 4.74 Å². The van der Waals surface area contributed by atoms with Crippen LogP contribution in [-0.2, 0) is 13.0 Å². The number of benzene rings is 1. The molecule has 2 aromatic rings. The molecule has 0 aliphatic rings. The summed E-state index contributed by atoms with van der Waals surface area (Å²) in [5.41, 5.74) is 2.40. The highest BCUT2D eigenvalue weighted by molar-refractivity contribution is 5.85. The molecular formula is C14H16N2O. The smallest absolute Gasteiger partial charge is 0.119 e. The normalized spacial score (nSPS) is 10.4. The number of nitriles is 1. The molecule has 1 aromatic carbocycles. The summed E-state index contributed by atoms with van der Waals surface area (Å²) in [5.74, 6) is 0.865. The average molecular weight is 228 g/mol. The zero-order chi connectivity index (χ0) is 12.3. The lowest BCUT2D eigenvalue weighted by molar-refractivity contribution is 0.415. The third-order valence-electron chi connectivity index (χ3n) is 2.93. The average Bonchev–Trinajstić information content (AvgIpc) is 2.68.